The Bertz CT molecular complexity index is 747. The Kier molecular flexibility index (Phi) is 3.48. The van der Waals surface area contributed by atoms with Crippen LogP contribution in [0.2, 0.25) is 0 Å². The van der Waals surface area contributed by atoms with Crippen LogP contribution in [0.3, 0.4) is 0 Å². The molecule has 2 heteroatoms. The molecule has 1 N–H and O–H groups in total. The molecule has 0 atom stereocenters. The van der Waals surface area contributed by atoms with Gasteiger partial charge in [-0.2, -0.15) is 0 Å². The zero-order chi connectivity index (χ0) is 13.9. The molecular formula is C18H18N2. The molecule has 0 bridgehead atoms. The Labute approximate surface area is 119 Å². The first-order valence-electron chi connectivity index (χ1n) is 6.88. The largest absolute Gasteiger partial charge is 0.316 e. The molecule has 3 aromatic rings. The number of nitrogens with zero attached hydrogens (tertiary/aromatic N) is 1. The number of pyridine rings is 1. The summed E-state index contributed by atoms with van der Waals surface area (Å²) in [4.78, 5) is 4.80. The van der Waals surface area contributed by atoms with Gasteiger partial charge < -0.3 is 5.32 Å². The highest BCUT2D eigenvalue weighted by atomic mass is 14.8. The number of aryl methyl sites for hydroxylation is 1. The molecule has 0 fully saturated rings. The molecule has 0 aliphatic heterocycles. The van der Waals surface area contributed by atoms with Crippen molar-refractivity contribution in [3.63, 3.8) is 0 Å². The van der Waals surface area contributed by atoms with E-state index in [1.54, 1.807) is 0 Å². The van der Waals surface area contributed by atoms with Crippen LogP contribution >= 0.6 is 0 Å². The lowest BCUT2D eigenvalue weighted by Crippen LogP contribution is -2.06. The summed E-state index contributed by atoms with van der Waals surface area (Å²) in [6.07, 6.45) is 0. The zero-order valence-corrected chi connectivity index (χ0v) is 11.9. The van der Waals surface area contributed by atoms with Crippen LogP contribution in [0.1, 0.15) is 11.1 Å². The maximum absolute atomic E-state index is 4.80. The number of hydrogen-bond acceptors (Lipinski definition) is 2. The first-order valence-corrected chi connectivity index (χ1v) is 6.88. The van der Waals surface area contributed by atoms with Gasteiger partial charge in [0.15, 0.2) is 0 Å². The Morgan fingerprint density at radius 1 is 1.00 bits per heavy atom. The summed E-state index contributed by atoms with van der Waals surface area (Å²) in [6.45, 7) is 2.97. The van der Waals surface area contributed by atoms with E-state index < -0.39 is 0 Å². The van der Waals surface area contributed by atoms with E-state index in [1.807, 2.05) is 19.2 Å². The molecule has 0 aliphatic rings. The van der Waals surface area contributed by atoms with Crippen molar-refractivity contribution >= 4 is 10.9 Å². The van der Waals surface area contributed by atoms with Gasteiger partial charge in [-0.25, -0.2) is 4.98 Å². The number of aromatic nitrogens is 1. The van der Waals surface area contributed by atoms with Crippen molar-refractivity contribution in [1.82, 2.24) is 10.3 Å². The van der Waals surface area contributed by atoms with Gasteiger partial charge in [-0.1, -0.05) is 42.0 Å². The Hall–Kier alpha value is -2.19. The van der Waals surface area contributed by atoms with Crippen molar-refractivity contribution in [3.8, 4) is 11.3 Å². The fraction of sp³-hybridized carbons (Fsp3) is 0.167. The van der Waals surface area contributed by atoms with Crippen molar-refractivity contribution in [3.05, 3.63) is 65.7 Å². The minimum Gasteiger partial charge on any atom is -0.316 e. The van der Waals surface area contributed by atoms with Gasteiger partial charge in [0, 0.05) is 17.5 Å². The highest BCUT2D eigenvalue weighted by molar-refractivity contribution is 5.82. The maximum Gasteiger partial charge on any atom is 0.0713 e. The Morgan fingerprint density at radius 3 is 2.70 bits per heavy atom. The standard InChI is InChI=1S/C18H18N2/c1-13-7-8-15(12-19-2)16(11-13)18-10-9-14-5-3-4-6-17(14)20-18/h3-11,19H,12H2,1-2H3. The molecule has 0 saturated carbocycles. The van der Waals surface area contributed by atoms with Crippen LogP contribution in [0.4, 0.5) is 0 Å². The first-order chi connectivity index (χ1) is 9.78. The van der Waals surface area contributed by atoms with Crippen LogP contribution in [0.15, 0.2) is 54.6 Å². The van der Waals surface area contributed by atoms with E-state index in [2.05, 4.69) is 54.7 Å². The lowest BCUT2D eigenvalue weighted by atomic mass is 10.0. The minimum atomic E-state index is 0.851. The molecule has 0 spiro atoms. The van der Waals surface area contributed by atoms with Crippen LogP contribution in [-0.4, -0.2) is 12.0 Å². The van der Waals surface area contributed by atoms with Crippen LogP contribution in [-0.2, 0) is 6.54 Å². The summed E-state index contributed by atoms with van der Waals surface area (Å²) in [7, 11) is 1.97. The molecule has 3 rings (SSSR count). The third-order valence-corrected chi connectivity index (χ3v) is 3.51. The molecule has 2 nitrogen and oxygen atoms in total. The van der Waals surface area contributed by atoms with Crippen LogP contribution in [0, 0.1) is 6.92 Å². The monoisotopic (exact) mass is 262 g/mol. The van der Waals surface area contributed by atoms with Crippen molar-refractivity contribution in [2.24, 2.45) is 0 Å². The number of nitrogens with one attached hydrogen (secondary N) is 1. The number of hydrogen-bond donors (Lipinski definition) is 1. The van der Waals surface area contributed by atoms with E-state index in [9.17, 15) is 0 Å². The fourth-order valence-electron chi connectivity index (χ4n) is 2.49. The van der Waals surface area contributed by atoms with Gasteiger partial charge in [0.05, 0.1) is 11.2 Å². The van der Waals surface area contributed by atoms with Crippen molar-refractivity contribution in [2.45, 2.75) is 13.5 Å². The number of fused-ring (bicyclic) bond motifs is 1. The van der Waals surface area contributed by atoms with Gasteiger partial charge in [0.1, 0.15) is 0 Å². The molecular weight excluding hydrogens is 244 g/mol. The molecule has 2 aromatic carbocycles. The first kappa shape index (κ1) is 12.8. The lowest BCUT2D eigenvalue weighted by molar-refractivity contribution is 0.818. The zero-order valence-electron chi connectivity index (χ0n) is 11.9. The van der Waals surface area contributed by atoms with E-state index in [4.69, 9.17) is 4.98 Å². The van der Waals surface area contributed by atoms with Crippen molar-refractivity contribution in [1.29, 1.82) is 0 Å². The molecule has 0 unspecified atom stereocenters. The molecule has 20 heavy (non-hydrogen) atoms. The second-order valence-corrected chi connectivity index (χ2v) is 5.08. The van der Waals surface area contributed by atoms with Gasteiger partial charge in [0.2, 0.25) is 0 Å². The highest BCUT2D eigenvalue weighted by Gasteiger charge is 2.07. The summed E-state index contributed by atoms with van der Waals surface area (Å²) in [5.74, 6) is 0. The SMILES string of the molecule is CNCc1ccc(C)cc1-c1ccc2ccccc2n1. The summed E-state index contributed by atoms with van der Waals surface area (Å²) < 4.78 is 0. The molecule has 100 valence electrons. The van der Waals surface area contributed by atoms with Gasteiger partial charge in [-0.3, -0.25) is 0 Å². The smallest absolute Gasteiger partial charge is 0.0713 e. The van der Waals surface area contributed by atoms with Crippen LogP contribution in [0.5, 0.6) is 0 Å². The maximum atomic E-state index is 4.80. The summed E-state index contributed by atoms with van der Waals surface area (Å²) in [5.41, 5.74) is 5.83. The molecule has 0 amide bonds. The highest BCUT2D eigenvalue weighted by Crippen LogP contribution is 2.25. The molecule has 1 heterocycles. The van der Waals surface area contributed by atoms with E-state index >= 15 is 0 Å². The number of rotatable bonds is 3. The van der Waals surface area contributed by atoms with Gasteiger partial charge in [-0.15, -0.1) is 0 Å². The third-order valence-electron chi connectivity index (χ3n) is 3.51. The average molecular weight is 262 g/mol. The van der Waals surface area contributed by atoms with Crippen molar-refractivity contribution in [2.75, 3.05) is 7.05 Å². The molecule has 0 radical (unpaired) electrons. The van der Waals surface area contributed by atoms with E-state index in [1.165, 1.54) is 22.1 Å². The van der Waals surface area contributed by atoms with Crippen molar-refractivity contribution < 1.29 is 0 Å². The van der Waals surface area contributed by atoms with Gasteiger partial charge >= 0.3 is 0 Å². The van der Waals surface area contributed by atoms with E-state index in [-0.39, 0.29) is 0 Å². The van der Waals surface area contributed by atoms with Crippen LogP contribution < -0.4 is 5.32 Å². The number of para-hydroxylation sites is 1. The lowest BCUT2D eigenvalue weighted by Gasteiger charge is -2.11. The number of benzene rings is 2. The predicted molar refractivity (Wildman–Crippen MR) is 84.7 cm³/mol. The fourth-order valence-corrected chi connectivity index (χ4v) is 2.49. The van der Waals surface area contributed by atoms with E-state index in [0.717, 1.165) is 17.8 Å². The van der Waals surface area contributed by atoms with Crippen LogP contribution in [0.25, 0.3) is 22.2 Å². The normalized spacial score (nSPS) is 10.9. The molecule has 0 aliphatic carbocycles. The minimum absolute atomic E-state index is 0.851. The average Bonchev–Trinajstić information content (AvgIpc) is 2.49. The van der Waals surface area contributed by atoms with E-state index in [0.29, 0.717) is 0 Å². The molecule has 1 aromatic heterocycles. The topological polar surface area (TPSA) is 24.9 Å². The summed E-state index contributed by atoms with van der Waals surface area (Å²) in [5, 5.41) is 4.40. The van der Waals surface area contributed by atoms with Gasteiger partial charge in [0.25, 0.3) is 0 Å². The third kappa shape index (κ3) is 2.43. The summed E-state index contributed by atoms with van der Waals surface area (Å²) in [6, 6.07) is 19.0. The second kappa shape index (κ2) is 5.43. The second-order valence-electron chi connectivity index (χ2n) is 5.08. The van der Waals surface area contributed by atoms with Gasteiger partial charge in [-0.05, 0) is 37.7 Å². The molecule has 0 saturated heterocycles. The Balaban J connectivity index is 2.16. The summed E-state index contributed by atoms with van der Waals surface area (Å²) >= 11 is 0. The Morgan fingerprint density at radius 2 is 1.85 bits per heavy atom. The quantitative estimate of drug-likeness (QED) is 0.773. The predicted octanol–water partition coefficient (Wildman–Crippen LogP) is 3.93.